The van der Waals surface area contributed by atoms with Crippen LogP contribution in [0, 0.1) is 12.3 Å². The van der Waals surface area contributed by atoms with Gasteiger partial charge in [-0.05, 0) is 5.92 Å². The van der Waals surface area contributed by atoms with Crippen molar-refractivity contribution in [3.63, 3.8) is 0 Å². The Labute approximate surface area is 72.6 Å². The Bertz CT molecular complexity index is 211. The molecule has 0 unspecified atom stereocenters. The third kappa shape index (κ3) is 1.99. The quantitative estimate of drug-likeness (QED) is 0.486. The topological polar surface area (TPSA) is 37.3 Å². The van der Waals surface area contributed by atoms with E-state index in [1.165, 1.54) is 0 Å². The first-order valence-corrected chi connectivity index (χ1v) is 4.19. The Morgan fingerprint density at radius 2 is 2.08 bits per heavy atom. The van der Waals surface area contributed by atoms with Gasteiger partial charge >= 0.3 is 5.97 Å². The van der Waals surface area contributed by atoms with Crippen molar-refractivity contribution in [3.8, 4) is 12.3 Å². The van der Waals surface area contributed by atoms with Crippen molar-refractivity contribution < 1.29 is 14.4 Å². The number of hydrogen-bond acceptors (Lipinski definition) is 1. The summed E-state index contributed by atoms with van der Waals surface area (Å²) in [5.41, 5.74) is 0. The van der Waals surface area contributed by atoms with Gasteiger partial charge in [-0.2, -0.15) is 0 Å². The van der Waals surface area contributed by atoms with Crippen molar-refractivity contribution in [2.24, 2.45) is 0 Å². The summed E-state index contributed by atoms with van der Waals surface area (Å²) in [5.74, 6) is 1.82. The Balaban J connectivity index is 2.59. The Kier molecular flexibility index (Phi) is 2.72. The van der Waals surface area contributed by atoms with Crippen LogP contribution in [0.3, 0.4) is 0 Å². The van der Waals surface area contributed by atoms with E-state index in [2.05, 4.69) is 5.92 Å². The molecule has 0 spiro atoms. The van der Waals surface area contributed by atoms with E-state index in [1.54, 1.807) is 0 Å². The zero-order valence-corrected chi connectivity index (χ0v) is 7.12. The number of terminal acetylenes is 1. The molecule has 1 aliphatic heterocycles. The standard InChI is InChI=1S/C9H13NO2/c1-2-5-10(8-9(11)12)6-3-4-7-10/h1H,3-8H2/p+1. The Morgan fingerprint density at radius 3 is 2.50 bits per heavy atom. The fourth-order valence-corrected chi connectivity index (χ4v) is 1.86. The molecular weight excluding hydrogens is 154 g/mol. The summed E-state index contributed by atoms with van der Waals surface area (Å²) in [6, 6.07) is 0. The second-order valence-corrected chi connectivity index (χ2v) is 3.41. The van der Waals surface area contributed by atoms with E-state index in [0.717, 1.165) is 25.9 Å². The molecule has 0 bridgehead atoms. The zero-order chi connectivity index (χ0) is 9.03. The van der Waals surface area contributed by atoms with Crippen molar-refractivity contribution in [2.75, 3.05) is 26.2 Å². The lowest BCUT2D eigenvalue weighted by atomic mass is 10.4. The number of carboxylic acid groups (broad SMARTS) is 1. The van der Waals surface area contributed by atoms with Crippen LogP contribution in [0.1, 0.15) is 12.8 Å². The van der Waals surface area contributed by atoms with Crippen LogP contribution in [0.2, 0.25) is 0 Å². The molecule has 1 heterocycles. The molecule has 12 heavy (non-hydrogen) atoms. The molecule has 66 valence electrons. The molecule has 1 saturated heterocycles. The van der Waals surface area contributed by atoms with Crippen molar-refractivity contribution in [3.05, 3.63) is 0 Å². The van der Waals surface area contributed by atoms with Crippen LogP contribution in [-0.4, -0.2) is 41.7 Å². The number of carboxylic acids is 1. The zero-order valence-electron chi connectivity index (χ0n) is 7.12. The molecule has 3 nitrogen and oxygen atoms in total. The predicted molar refractivity (Wildman–Crippen MR) is 45.4 cm³/mol. The fourth-order valence-electron chi connectivity index (χ4n) is 1.86. The van der Waals surface area contributed by atoms with Gasteiger partial charge in [0, 0.05) is 12.8 Å². The van der Waals surface area contributed by atoms with E-state index in [-0.39, 0.29) is 6.54 Å². The fraction of sp³-hybridized carbons (Fsp3) is 0.667. The van der Waals surface area contributed by atoms with Crippen LogP contribution in [0.5, 0.6) is 0 Å². The highest BCUT2D eigenvalue weighted by Gasteiger charge is 2.33. The highest BCUT2D eigenvalue weighted by atomic mass is 16.4. The molecule has 3 heteroatoms. The van der Waals surface area contributed by atoms with Gasteiger partial charge in [-0.1, -0.05) is 0 Å². The van der Waals surface area contributed by atoms with Gasteiger partial charge in [0.1, 0.15) is 6.54 Å². The van der Waals surface area contributed by atoms with Crippen molar-refractivity contribution in [1.29, 1.82) is 0 Å². The van der Waals surface area contributed by atoms with Crippen LogP contribution in [0.4, 0.5) is 0 Å². The molecule has 0 amide bonds. The van der Waals surface area contributed by atoms with Crippen LogP contribution >= 0.6 is 0 Å². The molecular formula is C9H14NO2+. The number of nitrogens with zero attached hydrogens (tertiary/aromatic N) is 1. The number of rotatable bonds is 3. The van der Waals surface area contributed by atoms with Crippen molar-refractivity contribution >= 4 is 5.97 Å². The number of quaternary nitrogens is 1. The number of hydrogen-bond donors (Lipinski definition) is 1. The van der Waals surface area contributed by atoms with E-state index in [4.69, 9.17) is 11.5 Å². The highest BCUT2D eigenvalue weighted by molar-refractivity contribution is 5.68. The van der Waals surface area contributed by atoms with E-state index < -0.39 is 5.97 Å². The maximum atomic E-state index is 10.6. The summed E-state index contributed by atoms with van der Waals surface area (Å²) in [6.07, 6.45) is 7.42. The van der Waals surface area contributed by atoms with E-state index in [9.17, 15) is 4.79 Å². The first-order valence-electron chi connectivity index (χ1n) is 4.19. The maximum Gasteiger partial charge on any atom is 0.359 e. The second kappa shape index (κ2) is 3.59. The van der Waals surface area contributed by atoms with Crippen LogP contribution in [0.25, 0.3) is 0 Å². The minimum atomic E-state index is -0.743. The smallest absolute Gasteiger partial charge is 0.359 e. The van der Waals surface area contributed by atoms with Crippen molar-refractivity contribution in [1.82, 2.24) is 0 Å². The molecule has 0 aromatic heterocycles. The van der Waals surface area contributed by atoms with Crippen LogP contribution < -0.4 is 0 Å². The maximum absolute atomic E-state index is 10.6. The molecule has 0 atom stereocenters. The normalized spacial score (nSPS) is 20.2. The van der Waals surface area contributed by atoms with E-state index >= 15 is 0 Å². The Morgan fingerprint density at radius 1 is 1.50 bits per heavy atom. The summed E-state index contributed by atoms with van der Waals surface area (Å²) in [5, 5.41) is 8.68. The third-order valence-electron chi connectivity index (χ3n) is 2.41. The lowest BCUT2D eigenvalue weighted by Crippen LogP contribution is -2.49. The minimum absolute atomic E-state index is 0.185. The Hall–Kier alpha value is -1.01. The lowest BCUT2D eigenvalue weighted by Gasteiger charge is -2.29. The molecule has 0 saturated carbocycles. The third-order valence-corrected chi connectivity index (χ3v) is 2.41. The SMILES string of the molecule is C#CC[N+]1(CC(=O)O)CCCC1. The highest BCUT2D eigenvalue weighted by Crippen LogP contribution is 2.18. The number of likely N-dealkylation sites (tertiary alicyclic amines) is 1. The van der Waals surface area contributed by atoms with Crippen LogP contribution in [0.15, 0.2) is 0 Å². The summed E-state index contributed by atoms with van der Waals surface area (Å²) < 4.78 is 0.589. The lowest BCUT2D eigenvalue weighted by molar-refractivity contribution is -0.902. The molecule has 0 aliphatic carbocycles. The second-order valence-electron chi connectivity index (χ2n) is 3.41. The predicted octanol–water partition coefficient (Wildman–Crippen LogP) is 0.315. The largest absolute Gasteiger partial charge is 0.477 e. The van der Waals surface area contributed by atoms with E-state index in [0.29, 0.717) is 11.0 Å². The van der Waals surface area contributed by atoms with Gasteiger partial charge in [0.05, 0.1) is 13.1 Å². The summed E-state index contributed by atoms with van der Waals surface area (Å²) in [4.78, 5) is 10.6. The summed E-state index contributed by atoms with van der Waals surface area (Å²) in [6.45, 7) is 2.60. The summed E-state index contributed by atoms with van der Waals surface area (Å²) >= 11 is 0. The molecule has 0 radical (unpaired) electrons. The molecule has 0 aromatic rings. The van der Waals surface area contributed by atoms with Gasteiger partial charge in [-0.15, -0.1) is 6.42 Å². The molecule has 1 rings (SSSR count). The number of aliphatic carboxylic acids is 1. The average Bonchev–Trinajstić information content (AvgIpc) is 2.36. The average molecular weight is 168 g/mol. The first kappa shape index (κ1) is 9.08. The van der Waals surface area contributed by atoms with E-state index in [1.807, 2.05) is 0 Å². The summed E-state index contributed by atoms with van der Waals surface area (Å²) in [7, 11) is 0. The van der Waals surface area contributed by atoms with Gasteiger partial charge < -0.3 is 9.59 Å². The monoisotopic (exact) mass is 168 g/mol. The van der Waals surface area contributed by atoms with Crippen LogP contribution in [-0.2, 0) is 4.79 Å². The van der Waals surface area contributed by atoms with Gasteiger partial charge in [0.25, 0.3) is 0 Å². The van der Waals surface area contributed by atoms with Crippen molar-refractivity contribution in [2.45, 2.75) is 12.8 Å². The van der Waals surface area contributed by atoms with Gasteiger partial charge in [-0.3, -0.25) is 0 Å². The first-order chi connectivity index (χ1) is 5.68. The van der Waals surface area contributed by atoms with Gasteiger partial charge in [-0.25, -0.2) is 4.79 Å². The van der Waals surface area contributed by atoms with Gasteiger partial charge in [0.2, 0.25) is 0 Å². The minimum Gasteiger partial charge on any atom is -0.477 e. The molecule has 1 N–H and O–H groups in total. The molecule has 1 aliphatic rings. The van der Waals surface area contributed by atoms with Gasteiger partial charge in [0.15, 0.2) is 6.54 Å². The molecule has 1 fully saturated rings. The number of carbonyl (C=O) groups is 1. The molecule has 0 aromatic carbocycles.